The lowest BCUT2D eigenvalue weighted by Gasteiger charge is -2.38. The molecule has 0 saturated heterocycles. The van der Waals surface area contributed by atoms with Crippen LogP contribution in [0.25, 0.3) is 0 Å². The Labute approximate surface area is 132 Å². The van der Waals surface area contributed by atoms with Crippen LogP contribution >= 0.6 is 15.9 Å². The summed E-state index contributed by atoms with van der Waals surface area (Å²) in [7, 11) is 0. The van der Waals surface area contributed by atoms with Crippen molar-refractivity contribution in [3.05, 3.63) is 34.3 Å². The molecule has 1 unspecified atom stereocenters. The van der Waals surface area contributed by atoms with Crippen LogP contribution in [-0.2, 0) is 0 Å². The van der Waals surface area contributed by atoms with E-state index >= 15 is 0 Å². The topological polar surface area (TPSA) is 12.0 Å². The van der Waals surface area contributed by atoms with E-state index in [1.54, 1.807) is 0 Å². The molecule has 1 saturated carbocycles. The second kappa shape index (κ2) is 6.62. The van der Waals surface area contributed by atoms with Crippen LogP contribution < -0.4 is 5.32 Å². The van der Waals surface area contributed by atoms with Crippen LogP contribution in [0.2, 0.25) is 0 Å². The molecule has 0 aromatic heterocycles. The van der Waals surface area contributed by atoms with Crippen LogP contribution in [0.3, 0.4) is 0 Å². The minimum absolute atomic E-state index is 0.418. The predicted octanol–water partition coefficient (Wildman–Crippen LogP) is 5.70. The Balaban J connectivity index is 1.88. The molecule has 1 N–H and O–H groups in total. The largest absolute Gasteiger partial charge is 0.307 e. The molecule has 0 heterocycles. The van der Waals surface area contributed by atoms with Gasteiger partial charge in [0.15, 0.2) is 0 Å². The van der Waals surface area contributed by atoms with Crippen molar-refractivity contribution in [3.63, 3.8) is 0 Å². The molecule has 1 aliphatic rings. The summed E-state index contributed by atoms with van der Waals surface area (Å²) in [6, 6.07) is 9.63. The lowest BCUT2D eigenvalue weighted by Crippen LogP contribution is -2.37. The third-order valence-electron chi connectivity index (χ3n) is 4.81. The lowest BCUT2D eigenvalue weighted by atomic mass is 9.71. The fraction of sp³-hybridized carbons (Fsp3) is 0.667. The first-order valence-corrected chi connectivity index (χ1v) is 8.67. The van der Waals surface area contributed by atoms with Crippen molar-refractivity contribution in [3.8, 4) is 0 Å². The van der Waals surface area contributed by atoms with Crippen LogP contribution in [0.4, 0.5) is 0 Å². The maximum absolute atomic E-state index is 3.82. The van der Waals surface area contributed by atoms with Gasteiger partial charge in [0.1, 0.15) is 0 Å². The summed E-state index contributed by atoms with van der Waals surface area (Å²) < 4.78 is 1.21. The second-order valence-electron chi connectivity index (χ2n) is 7.32. The van der Waals surface area contributed by atoms with Crippen LogP contribution in [0.5, 0.6) is 0 Å². The van der Waals surface area contributed by atoms with Crippen molar-refractivity contribution in [2.24, 2.45) is 11.3 Å². The van der Waals surface area contributed by atoms with Gasteiger partial charge in [-0.15, -0.1) is 0 Å². The van der Waals surface area contributed by atoms with Crippen LogP contribution in [-0.4, -0.2) is 6.04 Å². The van der Waals surface area contributed by atoms with E-state index in [4.69, 9.17) is 0 Å². The van der Waals surface area contributed by atoms with E-state index in [2.05, 4.69) is 73.2 Å². The smallest absolute Gasteiger partial charge is 0.0305 e. The summed E-state index contributed by atoms with van der Waals surface area (Å²) in [6.45, 7) is 9.43. The first kappa shape index (κ1) is 16.0. The number of rotatable bonds is 3. The molecular formula is C18H28BrN. The van der Waals surface area contributed by atoms with Crippen molar-refractivity contribution in [2.75, 3.05) is 0 Å². The predicted molar refractivity (Wildman–Crippen MR) is 90.9 cm³/mol. The highest BCUT2D eigenvalue weighted by molar-refractivity contribution is 9.10. The van der Waals surface area contributed by atoms with Crippen molar-refractivity contribution < 1.29 is 0 Å². The van der Waals surface area contributed by atoms with Crippen LogP contribution in [0.15, 0.2) is 28.7 Å². The Morgan fingerprint density at radius 2 is 1.70 bits per heavy atom. The summed E-state index contributed by atoms with van der Waals surface area (Å²) in [5.41, 5.74) is 1.84. The van der Waals surface area contributed by atoms with E-state index in [9.17, 15) is 0 Å². The number of hydrogen-bond acceptors (Lipinski definition) is 1. The van der Waals surface area contributed by atoms with Gasteiger partial charge in [0.05, 0.1) is 0 Å². The molecule has 1 fully saturated rings. The summed E-state index contributed by atoms with van der Waals surface area (Å²) in [4.78, 5) is 0. The highest BCUT2D eigenvalue weighted by Gasteiger charge is 2.30. The fourth-order valence-corrected chi connectivity index (χ4v) is 4.02. The van der Waals surface area contributed by atoms with Gasteiger partial charge in [-0.25, -0.2) is 0 Å². The molecule has 0 bridgehead atoms. The SMILES string of the molecule is CC(NC1CCC(C(C)(C)C)CC1)c1ccccc1Br. The zero-order valence-electron chi connectivity index (χ0n) is 13.2. The normalized spacial score (nSPS) is 25.4. The van der Waals surface area contributed by atoms with E-state index in [0.717, 1.165) is 5.92 Å². The van der Waals surface area contributed by atoms with Crippen molar-refractivity contribution in [2.45, 2.75) is 65.5 Å². The average Bonchev–Trinajstić information content (AvgIpc) is 2.38. The molecule has 112 valence electrons. The maximum atomic E-state index is 3.82. The van der Waals surface area contributed by atoms with Gasteiger partial charge < -0.3 is 5.32 Å². The molecule has 1 nitrogen and oxygen atoms in total. The number of hydrogen-bond donors (Lipinski definition) is 1. The van der Waals surface area contributed by atoms with Crippen LogP contribution in [0.1, 0.15) is 65.0 Å². The summed E-state index contributed by atoms with van der Waals surface area (Å²) >= 11 is 3.66. The van der Waals surface area contributed by atoms with E-state index in [0.29, 0.717) is 17.5 Å². The van der Waals surface area contributed by atoms with E-state index in [-0.39, 0.29) is 0 Å². The van der Waals surface area contributed by atoms with E-state index in [1.165, 1.54) is 35.7 Å². The van der Waals surface area contributed by atoms with Crippen LogP contribution in [0, 0.1) is 11.3 Å². The van der Waals surface area contributed by atoms with Gasteiger partial charge in [-0.3, -0.25) is 0 Å². The van der Waals surface area contributed by atoms with Crippen molar-refractivity contribution in [1.29, 1.82) is 0 Å². The number of nitrogens with one attached hydrogen (secondary N) is 1. The fourth-order valence-electron chi connectivity index (χ4n) is 3.40. The molecule has 0 aliphatic heterocycles. The second-order valence-corrected chi connectivity index (χ2v) is 8.18. The Hall–Kier alpha value is -0.340. The van der Waals surface area contributed by atoms with Gasteiger partial charge in [-0.1, -0.05) is 54.9 Å². The number of halogens is 1. The van der Waals surface area contributed by atoms with Gasteiger partial charge in [-0.05, 0) is 55.6 Å². The van der Waals surface area contributed by atoms with Gasteiger partial charge in [0.2, 0.25) is 0 Å². The third kappa shape index (κ3) is 4.08. The van der Waals surface area contributed by atoms with Gasteiger partial charge >= 0.3 is 0 Å². The molecule has 1 aromatic carbocycles. The molecule has 0 radical (unpaired) electrons. The molecule has 1 aliphatic carbocycles. The minimum atomic E-state index is 0.418. The zero-order chi connectivity index (χ0) is 14.8. The zero-order valence-corrected chi connectivity index (χ0v) is 14.8. The van der Waals surface area contributed by atoms with Gasteiger partial charge in [-0.2, -0.15) is 0 Å². The standard InChI is InChI=1S/C18H28BrN/c1-13(16-7-5-6-8-17(16)19)20-15-11-9-14(10-12-15)18(2,3)4/h5-8,13-15,20H,9-12H2,1-4H3. The summed E-state index contributed by atoms with van der Waals surface area (Å²) in [5.74, 6) is 0.888. The molecule has 1 atom stereocenters. The molecule has 1 aromatic rings. The van der Waals surface area contributed by atoms with E-state index in [1.807, 2.05) is 0 Å². The van der Waals surface area contributed by atoms with Crippen molar-refractivity contribution in [1.82, 2.24) is 5.32 Å². The molecule has 2 rings (SSSR count). The Bertz CT molecular complexity index is 427. The summed E-state index contributed by atoms with van der Waals surface area (Å²) in [6.07, 6.45) is 5.36. The van der Waals surface area contributed by atoms with E-state index < -0.39 is 0 Å². The lowest BCUT2D eigenvalue weighted by molar-refractivity contribution is 0.157. The first-order chi connectivity index (χ1) is 9.38. The average molecular weight is 338 g/mol. The monoisotopic (exact) mass is 337 g/mol. The Morgan fingerprint density at radius 3 is 2.25 bits per heavy atom. The molecule has 0 spiro atoms. The molecular weight excluding hydrogens is 310 g/mol. The number of benzene rings is 1. The third-order valence-corrected chi connectivity index (χ3v) is 5.53. The Morgan fingerprint density at radius 1 is 1.10 bits per heavy atom. The quantitative estimate of drug-likeness (QED) is 0.745. The van der Waals surface area contributed by atoms with Crippen molar-refractivity contribution >= 4 is 15.9 Å². The maximum Gasteiger partial charge on any atom is 0.0305 e. The molecule has 0 amide bonds. The Kier molecular flexibility index (Phi) is 5.30. The highest BCUT2D eigenvalue weighted by Crippen LogP contribution is 2.38. The molecule has 20 heavy (non-hydrogen) atoms. The minimum Gasteiger partial charge on any atom is -0.307 e. The highest BCUT2D eigenvalue weighted by atomic mass is 79.9. The van der Waals surface area contributed by atoms with Gasteiger partial charge in [0, 0.05) is 16.6 Å². The van der Waals surface area contributed by atoms with Gasteiger partial charge in [0.25, 0.3) is 0 Å². The molecule has 2 heteroatoms. The summed E-state index contributed by atoms with van der Waals surface area (Å²) in [5, 5.41) is 3.82. The first-order valence-electron chi connectivity index (χ1n) is 7.88.